The molecular formula is C30H25Cl2N7O3. The summed E-state index contributed by atoms with van der Waals surface area (Å²) in [5.41, 5.74) is 1.57. The lowest BCUT2D eigenvalue weighted by Crippen LogP contribution is -2.60. The number of aromatic nitrogens is 5. The fourth-order valence-corrected chi connectivity index (χ4v) is 5.66. The summed E-state index contributed by atoms with van der Waals surface area (Å²) < 4.78 is 2.79. The molecule has 1 aliphatic rings. The van der Waals surface area contributed by atoms with Gasteiger partial charge >= 0.3 is 0 Å². The van der Waals surface area contributed by atoms with Gasteiger partial charge in [0.1, 0.15) is 6.54 Å². The zero-order chi connectivity index (χ0) is 29.4. The maximum absolute atomic E-state index is 13.7. The van der Waals surface area contributed by atoms with Crippen LogP contribution in [0.3, 0.4) is 0 Å². The van der Waals surface area contributed by atoms with Crippen molar-refractivity contribution in [1.29, 1.82) is 0 Å². The van der Waals surface area contributed by atoms with Crippen LogP contribution in [0.4, 0.5) is 5.69 Å². The van der Waals surface area contributed by atoms with Crippen molar-refractivity contribution in [2.75, 3.05) is 18.4 Å². The number of anilines is 1. The van der Waals surface area contributed by atoms with Gasteiger partial charge in [0.25, 0.3) is 11.5 Å². The second kappa shape index (κ2) is 11.0. The van der Waals surface area contributed by atoms with E-state index in [0.717, 1.165) is 5.56 Å². The van der Waals surface area contributed by atoms with Gasteiger partial charge in [-0.05, 0) is 29.8 Å². The number of hydrogen-bond acceptors (Lipinski definition) is 6. The Morgan fingerprint density at radius 2 is 1.62 bits per heavy atom. The molecule has 1 saturated heterocycles. The van der Waals surface area contributed by atoms with Gasteiger partial charge in [-0.3, -0.25) is 14.4 Å². The predicted octanol–water partition coefficient (Wildman–Crippen LogP) is 4.40. The molecule has 12 heteroatoms. The first-order chi connectivity index (χ1) is 20.2. The van der Waals surface area contributed by atoms with Crippen molar-refractivity contribution in [2.45, 2.75) is 25.4 Å². The molecule has 5 aromatic rings. The molecule has 0 bridgehead atoms. The van der Waals surface area contributed by atoms with Crippen molar-refractivity contribution in [3.05, 3.63) is 116 Å². The summed E-state index contributed by atoms with van der Waals surface area (Å²) in [6.45, 7) is 2.94. The Kier molecular flexibility index (Phi) is 7.26. The maximum atomic E-state index is 13.7. The molecule has 1 N–H and O–H groups in total. The third kappa shape index (κ3) is 5.50. The van der Waals surface area contributed by atoms with Gasteiger partial charge in [0.05, 0.1) is 17.6 Å². The molecule has 2 aromatic heterocycles. The average molecular weight is 602 g/mol. The summed E-state index contributed by atoms with van der Waals surface area (Å²) in [5, 5.41) is 17.4. The standard InChI is InChI=1S/C30H25Cl2N7O3/c1-30(25-15-38(36-34-25)16-26(40)33-22-12-20(31)11-21(32)13-22)17-37(18-30)29(42)27-23-9-5-6-10-24(23)28(41)39(35-27)14-19-7-3-2-4-8-19/h2-13,15H,14,16-18H2,1H3,(H,33,40). The summed E-state index contributed by atoms with van der Waals surface area (Å²) in [5.74, 6) is -0.582. The Hall–Kier alpha value is -4.54. The fraction of sp³-hybridized carbons (Fsp3) is 0.200. The lowest BCUT2D eigenvalue weighted by Gasteiger charge is -2.46. The number of rotatable bonds is 7. The van der Waals surface area contributed by atoms with E-state index < -0.39 is 5.41 Å². The third-order valence-electron chi connectivity index (χ3n) is 7.22. The molecule has 3 heterocycles. The van der Waals surface area contributed by atoms with E-state index >= 15 is 0 Å². The highest BCUT2D eigenvalue weighted by molar-refractivity contribution is 6.35. The van der Waals surface area contributed by atoms with Gasteiger partial charge in [-0.15, -0.1) is 5.10 Å². The van der Waals surface area contributed by atoms with Crippen LogP contribution in [0.1, 0.15) is 28.7 Å². The van der Waals surface area contributed by atoms with Crippen molar-refractivity contribution in [2.24, 2.45) is 0 Å². The van der Waals surface area contributed by atoms with Gasteiger partial charge in [-0.1, -0.05) is 83.9 Å². The first kappa shape index (κ1) is 27.6. The monoisotopic (exact) mass is 601 g/mol. The average Bonchev–Trinajstić information content (AvgIpc) is 3.41. The van der Waals surface area contributed by atoms with Crippen molar-refractivity contribution in [3.63, 3.8) is 0 Å². The van der Waals surface area contributed by atoms with Gasteiger partial charge in [0.2, 0.25) is 5.91 Å². The van der Waals surface area contributed by atoms with Gasteiger partial charge in [-0.25, -0.2) is 9.36 Å². The van der Waals surface area contributed by atoms with Crippen LogP contribution in [0.25, 0.3) is 10.8 Å². The molecule has 2 amide bonds. The zero-order valence-electron chi connectivity index (χ0n) is 22.5. The van der Waals surface area contributed by atoms with Crippen LogP contribution in [0, 0.1) is 0 Å². The summed E-state index contributed by atoms with van der Waals surface area (Å²) in [6.07, 6.45) is 1.71. The molecule has 212 valence electrons. The highest BCUT2D eigenvalue weighted by Gasteiger charge is 2.45. The molecule has 1 aliphatic heterocycles. The van der Waals surface area contributed by atoms with E-state index in [9.17, 15) is 14.4 Å². The Bertz CT molecular complexity index is 1860. The molecule has 0 radical (unpaired) electrons. The van der Waals surface area contributed by atoms with Crippen LogP contribution in [-0.2, 0) is 23.3 Å². The zero-order valence-corrected chi connectivity index (χ0v) is 24.0. The number of nitrogens with zero attached hydrogens (tertiary/aromatic N) is 6. The SMILES string of the molecule is CC1(c2cn(CC(=O)Nc3cc(Cl)cc(Cl)c3)nn2)CN(C(=O)c2nn(Cc3ccccc3)c(=O)c3ccccc23)C1. The van der Waals surface area contributed by atoms with Crippen LogP contribution in [0.15, 0.2) is 83.8 Å². The molecule has 3 aromatic carbocycles. The van der Waals surface area contributed by atoms with Crippen molar-refractivity contribution < 1.29 is 9.59 Å². The van der Waals surface area contributed by atoms with Crippen LogP contribution < -0.4 is 10.9 Å². The second-order valence-electron chi connectivity index (χ2n) is 10.6. The number of hydrogen-bond donors (Lipinski definition) is 1. The number of benzene rings is 3. The number of carbonyl (C=O) groups excluding carboxylic acids is 2. The first-order valence-electron chi connectivity index (χ1n) is 13.2. The molecule has 1 fully saturated rings. The van der Waals surface area contributed by atoms with E-state index in [1.807, 2.05) is 37.3 Å². The first-order valence-corrected chi connectivity index (χ1v) is 13.9. The number of likely N-dealkylation sites (tertiary alicyclic amines) is 1. The molecule has 42 heavy (non-hydrogen) atoms. The van der Waals surface area contributed by atoms with E-state index in [1.54, 1.807) is 53.6 Å². The molecule has 0 atom stereocenters. The molecule has 0 spiro atoms. The van der Waals surface area contributed by atoms with E-state index in [4.69, 9.17) is 23.2 Å². The normalized spacial score (nSPS) is 14.0. The summed E-state index contributed by atoms with van der Waals surface area (Å²) in [7, 11) is 0. The maximum Gasteiger partial charge on any atom is 0.275 e. The van der Waals surface area contributed by atoms with Gasteiger partial charge < -0.3 is 10.2 Å². The Morgan fingerprint density at radius 1 is 0.952 bits per heavy atom. The number of carbonyl (C=O) groups is 2. The quantitative estimate of drug-likeness (QED) is 0.296. The molecular weight excluding hydrogens is 577 g/mol. The highest BCUT2D eigenvalue weighted by Crippen LogP contribution is 2.34. The lowest BCUT2D eigenvalue weighted by atomic mass is 9.79. The molecule has 0 saturated carbocycles. The van der Waals surface area contributed by atoms with E-state index in [1.165, 1.54) is 9.36 Å². The smallest absolute Gasteiger partial charge is 0.275 e. The minimum absolute atomic E-state index is 0.0608. The van der Waals surface area contributed by atoms with E-state index in [-0.39, 0.29) is 36.2 Å². The highest BCUT2D eigenvalue weighted by atomic mass is 35.5. The van der Waals surface area contributed by atoms with Crippen LogP contribution in [0.2, 0.25) is 10.0 Å². The molecule has 6 rings (SSSR count). The minimum atomic E-state index is -0.459. The van der Waals surface area contributed by atoms with Crippen molar-refractivity contribution in [3.8, 4) is 0 Å². The molecule has 0 aliphatic carbocycles. The number of amides is 2. The largest absolute Gasteiger partial charge is 0.335 e. The Labute approximate surface area is 250 Å². The van der Waals surface area contributed by atoms with Gasteiger partial charge in [-0.2, -0.15) is 5.10 Å². The third-order valence-corrected chi connectivity index (χ3v) is 7.66. The van der Waals surface area contributed by atoms with Crippen LogP contribution in [-0.4, -0.2) is 54.6 Å². The van der Waals surface area contributed by atoms with Crippen molar-refractivity contribution >= 4 is 51.5 Å². The predicted molar refractivity (Wildman–Crippen MR) is 160 cm³/mol. The molecule has 10 nitrogen and oxygen atoms in total. The van der Waals surface area contributed by atoms with Gasteiger partial charge in [0.15, 0.2) is 5.69 Å². The van der Waals surface area contributed by atoms with Crippen LogP contribution >= 0.6 is 23.2 Å². The van der Waals surface area contributed by atoms with Crippen molar-refractivity contribution in [1.82, 2.24) is 29.7 Å². The van der Waals surface area contributed by atoms with E-state index in [2.05, 4.69) is 20.7 Å². The topological polar surface area (TPSA) is 115 Å². The fourth-order valence-electron chi connectivity index (χ4n) is 5.13. The Balaban J connectivity index is 1.17. The number of fused-ring (bicyclic) bond motifs is 1. The Morgan fingerprint density at radius 3 is 2.33 bits per heavy atom. The van der Waals surface area contributed by atoms with Crippen LogP contribution in [0.5, 0.6) is 0 Å². The van der Waals surface area contributed by atoms with Gasteiger partial charge in [0, 0.05) is 45.8 Å². The lowest BCUT2D eigenvalue weighted by molar-refractivity contribution is -0.116. The second-order valence-corrected chi connectivity index (χ2v) is 11.4. The number of halogens is 2. The minimum Gasteiger partial charge on any atom is -0.335 e. The summed E-state index contributed by atoms with van der Waals surface area (Å²) in [4.78, 5) is 41.1. The summed E-state index contributed by atoms with van der Waals surface area (Å²) >= 11 is 12.0. The summed E-state index contributed by atoms with van der Waals surface area (Å²) in [6, 6.07) is 21.3. The molecule has 0 unspecified atom stereocenters. The number of nitrogens with one attached hydrogen (secondary N) is 1. The van der Waals surface area contributed by atoms with E-state index in [0.29, 0.717) is 45.3 Å².